The summed E-state index contributed by atoms with van der Waals surface area (Å²) in [5.41, 5.74) is -0.514. The van der Waals surface area contributed by atoms with Gasteiger partial charge in [0.2, 0.25) is 6.29 Å². The lowest BCUT2D eigenvalue weighted by Crippen LogP contribution is -2.61. The number of amides is 3. The summed E-state index contributed by atoms with van der Waals surface area (Å²) in [5.74, 6) is -1.96. The van der Waals surface area contributed by atoms with Gasteiger partial charge in [-0.1, -0.05) is 42.5 Å². The van der Waals surface area contributed by atoms with Crippen LogP contribution < -0.4 is 15.4 Å². The average Bonchev–Trinajstić information content (AvgIpc) is 3.09. The molecule has 0 aromatic heterocycles. The molecule has 32 heavy (non-hydrogen) atoms. The first-order valence-electron chi connectivity index (χ1n) is 9.63. The van der Waals surface area contributed by atoms with Crippen molar-refractivity contribution < 1.29 is 44.3 Å². The van der Waals surface area contributed by atoms with Crippen LogP contribution in [0.1, 0.15) is 11.1 Å². The van der Waals surface area contributed by atoms with Crippen LogP contribution >= 0.6 is 0 Å². The second-order valence-electron chi connectivity index (χ2n) is 7.40. The third-order valence-electron chi connectivity index (χ3n) is 5.43. The van der Waals surface area contributed by atoms with Gasteiger partial charge >= 0.3 is 12.0 Å². The molecule has 0 spiro atoms. The van der Waals surface area contributed by atoms with Gasteiger partial charge < -0.3 is 35.2 Å². The van der Waals surface area contributed by atoms with E-state index >= 15 is 0 Å². The second kappa shape index (κ2) is 8.20. The van der Waals surface area contributed by atoms with Gasteiger partial charge in [-0.25, -0.2) is 9.59 Å². The van der Waals surface area contributed by atoms with Gasteiger partial charge in [0, 0.05) is 0 Å². The molecule has 6 atom stereocenters. The number of hydrogen-bond acceptors (Lipinski definition) is 8. The molecular formula is C21H20N2O9. The molecule has 0 radical (unpaired) electrons. The minimum atomic E-state index is -1.83. The summed E-state index contributed by atoms with van der Waals surface area (Å²) in [7, 11) is 0. The van der Waals surface area contributed by atoms with Crippen molar-refractivity contribution in [2.24, 2.45) is 0 Å². The summed E-state index contributed by atoms with van der Waals surface area (Å²) in [6.07, 6.45) is -8.71. The zero-order chi connectivity index (χ0) is 23.0. The molecule has 3 amide bonds. The Kier molecular flexibility index (Phi) is 5.57. The topological polar surface area (TPSA) is 175 Å². The number of carboxylic acid groups (broad SMARTS) is 1. The summed E-state index contributed by atoms with van der Waals surface area (Å²) >= 11 is 0. The molecule has 2 aliphatic rings. The van der Waals surface area contributed by atoms with Crippen molar-refractivity contribution in [2.75, 3.05) is 0 Å². The lowest BCUT2D eigenvalue weighted by Gasteiger charge is -2.38. The highest BCUT2D eigenvalue weighted by molar-refractivity contribution is 6.09. The highest BCUT2D eigenvalue weighted by atomic mass is 16.7. The van der Waals surface area contributed by atoms with Crippen LogP contribution in [0.4, 0.5) is 4.79 Å². The predicted molar refractivity (Wildman–Crippen MR) is 105 cm³/mol. The third-order valence-corrected chi connectivity index (χ3v) is 5.43. The van der Waals surface area contributed by atoms with Crippen molar-refractivity contribution in [3.63, 3.8) is 0 Å². The number of hydrogen-bond donors (Lipinski definition) is 6. The number of rotatable bonds is 5. The number of carbonyl (C=O) groups is 3. The Bertz CT molecular complexity index is 1030. The number of aliphatic carboxylic acids is 1. The Morgan fingerprint density at radius 1 is 0.906 bits per heavy atom. The van der Waals surface area contributed by atoms with Crippen LogP contribution in [0.2, 0.25) is 0 Å². The van der Waals surface area contributed by atoms with Gasteiger partial charge in [0.05, 0.1) is 0 Å². The maximum Gasteiger partial charge on any atom is 0.335 e. The standard InChI is InChI=1S/C21H20N2O9/c24-13-14(25)16(17(27)28)32-18(15(13)26)31-12-8-6-11(7-9-12)21(10-4-2-1-3-5-10)19(29)22-20(30)23-21/h1-9,13-16,18,24-26H,(H,27,28)(H2,22,23,29,30)/t13-,14-,15+,16-,18+,21-/m0/s1. The van der Waals surface area contributed by atoms with Crippen LogP contribution in [0, 0.1) is 0 Å². The summed E-state index contributed by atoms with van der Waals surface area (Å²) in [6, 6.07) is 13.9. The van der Waals surface area contributed by atoms with Crippen LogP contribution in [0.15, 0.2) is 54.6 Å². The molecule has 2 aliphatic heterocycles. The molecule has 2 aromatic rings. The Labute approximate surface area is 181 Å². The number of benzene rings is 2. The van der Waals surface area contributed by atoms with E-state index in [1.54, 1.807) is 30.3 Å². The number of nitrogens with one attached hydrogen (secondary N) is 2. The van der Waals surface area contributed by atoms with Gasteiger partial charge in [0.15, 0.2) is 11.6 Å². The first-order chi connectivity index (χ1) is 15.2. The first kappa shape index (κ1) is 21.7. The minimum Gasteiger partial charge on any atom is -0.479 e. The van der Waals surface area contributed by atoms with E-state index in [0.29, 0.717) is 11.1 Å². The van der Waals surface area contributed by atoms with Gasteiger partial charge in [0.1, 0.15) is 24.1 Å². The molecule has 0 unspecified atom stereocenters. The molecule has 11 nitrogen and oxygen atoms in total. The molecule has 0 saturated carbocycles. The summed E-state index contributed by atoms with van der Waals surface area (Å²) < 4.78 is 10.6. The molecule has 0 bridgehead atoms. The molecule has 6 N–H and O–H groups in total. The van der Waals surface area contributed by atoms with Crippen LogP contribution in [0.3, 0.4) is 0 Å². The van der Waals surface area contributed by atoms with Gasteiger partial charge in [-0.05, 0) is 23.3 Å². The van der Waals surface area contributed by atoms with Gasteiger partial charge in [-0.2, -0.15) is 0 Å². The molecule has 168 valence electrons. The van der Waals surface area contributed by atoms with Gasteiger partial charge in [-0.3, -0.25) is 10.1 Å². The third kappa shape index (κ3) is 3.56. The Balaban J connectivity index is 1.61. The highest BCUT2D eigenvalue weighted by Gasteiger charge is 2.50. The van der Waals surface area contributed by atoms with Crippen molar-refractivity contribution in [3.8, 4) is 5.75 Å². The van der Waals surface area contributed by atoms with Crippen LogP contribution in [-0.4, -0.2) is 69.0 Å². The summed E-state index contributed by atoms with van der Waals surface area (Å²) in [5, 5.41) is 43.8. The number of ether oxygens (including phenoxy) is 2. The van der Waals surface area contributed by atoms with Crippen LogP contribution in [0.5, 0.6) is 5.75 Å². The second-order valence-corrected chi connectivity index (χ2v) is 7.40. The molecular weight excluding hydrogens is 424 g/mol. The van der Waals surface area contributed by atoms with E-state index in [1.807, 2.05) is 0 Å². The van der Waals surface area contributed by atoms with E-state index in [2.05, 4.69) is 10.6 Å². The van der Waals surface area contributed by atoms with E-state index in [-0.39, 0.29) is 5.75 Å². The van der Waals surface area contributed by atoms with Crippen molar-refractivity contribution in [2.45, 2.75) is 36.2 Å². The van der Waals surface area contributed by atoms with Crippen molar-refractivity contribution in [1.29, 1.82) is 0 Å². The fraction of sp³-hybridized carbons (Fsp3) is 0.286. The van der Waals surface area contributed by atoms with Gasteiger partial charge in [-0.15, -0.1) is 0 Å². The Hall–Kier alpha value is -3.51. The van der Waals surface area contributed by atoms with Crippen molar-refractivity contribution in [1.82, 2.24) is 10.6 Å². The highest BCUT2D eigenvalue weighted by Crippen LogP contribution is 2.34. The van der Waals surface area contributed by atoms with Crippen molar-refractivity contribution in [3.05, 3.63) is 65.7 Å². The normalized spacial score (nSPS) is 32.2. The van der Waals surface area contributed by atoms with E-state index in [9.17, 15) is 29.7 Å². The van der Waals surface area contributed by atoms with Crippen LogP contribution in [-0.2, 0) is 19.9 Å². The molecule has 2 fully saturated rings. The van der Waals surface area contributed by atoms with Crippen molar-refractivity contribution >= 4 is 17.9 Å². The summed E-state index contributed by atoms with van der Waals surface area (Å²) in [4.78, 5) is 35.9. The van der Waals surface area contributed by atoms with Crippen LogP contribution in [0.25, 0.3) is 0 Å². The minimum absolute atomic E-state index is 0.124. The lowest BCUT2D eigenvalue weighted by atomic mass is 9.83. The zero-order valence-electron chi connectivity index (χ0n) is 16.4. The average molecular weight is 444 g/mol. The molecule has 2 aromatic carbocycles. The van der Waals surface area contributed by atoms with E-state index in [0.717, 1.165) is 0 Å². The molecule has 2 heterocycles. The zero-order valence-corrected chi connectivity index (χ0v) is 16.4. The number of aliphatic hydroxyl groups excluding tert-OH is 3. The number of aliphatic hydroxyl groups is 3. The fourth-order valence-corrected chi connectivity index (χ4v) is 3.78. The maximum absolute atomic E-state index is 12.7. The van der Waals surface area contributed by atoms with E-state index in [1.165, 1.54) is 24.3 Å². The number of imide groups is 1. The number of carbonyl (C=O) groups excluding carboxylic acids is 2. The Morgan fingerprint density at radius 2 is 1.53 bits per heavy atom. The number of urea groups is 1. The van der Waals surface area contributed by atoms with E-state index in [4.69, 9.17) is 14.6 Å². The maximum atomic E-state index is 12.7. The molecule has 2 saturated heterocycles. The first-order valence-corrected chi connectivity index (χ1v) is 9.63. The Morgan fingerprint density at radius 3 is 2.09 bits per heavy atom. The largest absolute Gasteiger partial charge is 0.479 e. The SMILES string of the molecule is O=C1NC(=O)[C@](c2ccccc2)(c2ccc(O[C@@H]3O[C@H](C(=O)O)[C@@H](O)[C@H](O)[C@H]3O)cc2)N1. The molecule has 4 rings (SSSR count). The quantitative estimate of drug-likeness (QED) is 0.317. The summed E-state index contributed by atoms with van der Waals surface area (Å²) in [6.45, 7) is 0. The monoisotopic (exact) mass is 444 g/mol. The smallest absolute Gasteiger partial charge is 0.335 e. The lowest BCUT2D eigenvalue weighted by molar-refractivity contribution is -0.271. The molecule has 0 aliphatic carbocycles. The fourth-order valence-electron chi connectivity index (χ4n) is 3.78. The molecule has 11 heteroatoms. The van der Waals surface area contributed by atoms with E-state index < -0.39 is 54.2 Å². The van der Waals surface area contributed by atoms with Gasteiger partial charge in [0.25, 0.3) is 5.91 Å². The predicted octanol–water partition coefficient (Wildman–Crippen LogP) is -0.959. The number of carboxylic acids is 1.